The Bertz CT molecular complexity index is 387. The second-order valence-corrected chi connectivity index (χ2v) is 4.17. The van der Waals surface area contributed by atoms with Gasteiger partial charge in [-0.05, 0) is 30.1 Å². The van der Waals surface area contributed by atoms with Crippen LogP contribution in [-0.2, 0) is 4.79 Å². The Morgan fingerprint density at radius 3 is 2.59 bits per heavy atom. The molecule has 1 rings (SSSR count). The van der Waals surface area contributed by atoms with Crippen molar-refractivity contribution in [3.05, 3.63) is 54.1 Å². The summed E-state index contributed by atoms with van der Waals surface area (Å²) in [6.07, 6.45) is 7.65. The molecule has 0 saturated carbocycles. The normalized spacial score (nSPS) is 10.6. The fourth-order valence-corrected chi connectivity index (χ4v) is 1.57. The highest BCUT2D eigenvalue weighted by molar-refractivity contribution is 6.05. The molecule has 1 aromatic carbocycles. The molecular weight excluding hydrogens is 208 g/mol. The summed E-state index contributed by atoms with van der Waals surface area (Å²) in [7, 11) is 0. The Labute approximate surface area is 104 Å². The van der Waals surface area contributed by atoms with E-state index in [-0.39, 0.29) is 5.78 Å². The van der Waals surface area contributed by atoms with Gasteiger partial charge in [-0.25, -0.2) is 0 Å². The molecule has 0 atom stereocenters. The number of carbonyl (C=O) groups excluding carboxylic acids is 1. The summed E-state index contributed by atoms with van der Waals surface area (Å²) in [4.78, 5) is 11.7. The number of ketones is 1. The molecule has 0 spiro atoms. The maximum atomic E-state index is 11.7. The van der Waals surface area contributed by atoms with Crippen LogP contribution in [0.25, 0.3) is 6.08 Å². The van der Waals surface area contributed by atoms with E-state index in [1.54, 1.807) is 6.08 Å². The smallest absolute Gasteiger partial charge is 0.181 e. The van der Waals surface area contributed by atoms with Crippen molar-refractivity contribution >= 4 is 11.9 Å². The predicted molar refractivity (Wildman–Crippen MR) is 73.8 cm³/mol. The van der Waals surface area contributed by atoms with Crippen molar-refractivity contribution < 1.29 is 4.79 Å². The Kier molecular flexibility index (Phi) is 6.02. The molecule has 0 aliphatic heterocycles. The van der Waals surface area contributed by atoms with Crippen LogP contribution in [-0.4, -0.2) is 5.78 Å². The summed E-state index contributed by atoms with van der Waals surface area (Å²) in [5.41, 5.74) is 1.76. The van der Waals surface area contributed by atoms with Crippen molar-refractivity contribution in [3.63, 3.8) is 0 Å². The molecule has 0 amide bonds. The molecule has 90 valence electrons. The van der Waals surface area contributed by atoms with E-state index in [0.717, 1.165) is 24.8 Å². The first kappa shape index (κ1) is 13.4. The lowest BCUT2D eigenvalue weighted by molar-refractivity contribution is -0.111. The van der Waals surface area contributed by atoms with Gasteiger partial charge in [0, 0.05) is 0 Å². The van der Waals surface area contributed by atoms with Gasteiger partial charge in [-0.3, -0.25) is 4.79 Å². The molecule has 0 bridgehead atoms. The summed E-state index contributed by atoms with van der Waals surface area (Å²) in [5.74, 6) is 0.0463. The van der Waals surface area contributed by atoms with Crippen molar-refractivity contribution in [3.8, 4) is 0 Å². The first-order chi connectivity index (χ1) is 8.24. The maximum Gasteiger partial charge on any atom is 0.181 e. The van der Waals surface area contributed by atoms with E-state index in [2.05, 4.69) is 13.5 Å². The van der Waals surface area contributed by atoms with Crippen LogP contribution in [0.15, 0.2) is 48.6 Å². The van der Waals surface area contributed by atoms with Crippen molar-refractivity contribution in [2.45, 2.75) is 32.6 Å². The molecule has 0 aliphatic rings. The Morgan fingerprint density at radius 1 is 1.24 bits per heavy atom. The molecule has 0 unspecified atom stereocenters. The van der Waals surface area contributed by atoms with Crippen LogP contribution < -0.4 is 0 Å². The van der Waals surface area contributed by atoms with Crippen LogP contribution in [0.3, 0.4) is 0 Å². The molecule has 0 aliphatic carbocycles. The molecule has 1 aromatic rings. The molecule has 17 heavy (non-hydrogen) atoms. The topological polar surface area (TPSA) is 17.1 Å². The van der Waals surface area contributed by atoms with Gasteiger partial charge in [-0.1, -0.05) is 62.8 Å². The van der Waals surface area contributed by atoms with Gasteiger partial charge in [0.15, 0.2) is 5.78 Å². The summed E-state index contributed by atoms with van der Waals surface area (Å²) in [5, 5.41) is 0. The van der Waals surface area contributed by atoms with Crippen LogP contribution in [0, 0.1) is 0 Å². The zero-order valence-corrected chi connectivity index (χ0v) is 10.5. The number of hydrogen-bond donors (Lipinski definition) is 0. The number of rotatable bonds is 7. The van der Waals surface area contributed by atoms with Gasteiger partial charge in [0.25, 0.3) is 0 Å². The first-order valence-corrected chi connectivity index (χ1v) is 6.19. The quantitative estimate of drug-likeness (QED) is 0.499. The van der Waals surface area contributed by atoms with Gasteiger partial charge >= 0.3 is 0 Å². The minimum Gasteiger partial charge on any atom is -0.290 e. The average Bonchev–Trinajstić information content (AvgIpc) is 2.37. The average molecular weight is 228 g/mol. The standard InChI is InChI=1S/C16H20O/c1-3-4-6-9-14(2)16(17)13-12-15-10-7-5-8-11-15/h5,7-8,10-13H,2-4,6,9H2,1H3. The lowest BCUT2D eigenvalue weighted by Gasteiger charge is -2.00. The van der Waals surface area contributed by atoms with Crippen LogP contribution >= 0.6 is 0 Å². The number of unbranched alkanes of at least 4 members (excludes halogenated alkanes) is 2. The zero-order valence-electron chi connectivity index (χ0n) is 10.5. The van der Waals surface area contributed by atoms with Crippen molar-refractivity contribution in [2.75, 3.05) is 0 Å². The van der Waals surface area contributed by atoms with E-state index in [0.29, 0.717) is 5.57 Å². The molecule has 0 N–H and O–H groups in total. The predicted octanol–water partition coefficient (Wildman–Crippen LogP) is 4.41. The first-order valence-electron chi connectivity index (χ1n) is 6.19. The molecule has 0 heterocycles. The Hall–Kier alpha value is -1.63. The number of allylic oxidation sites excluding steroid dienone is 2. The van der Waals surface area contributed by atoms with Gasteiger partial charge in [-0.15, -0.1) is 0 Å². The van der Waals surface area contributed by atoms with Crippen molar-refractivity contribution in [1.82, 2.24) is 0 Å². The molecule has 0 radical (unpaired) electrons. The minimum atomic E-state index is 0.0463. The van der Waals surface area contributed by atoms with E-state index in [9.17, 15) is 4.79 Å². The Morgan fingerprint density at radius 2 is 1.94 bits per heavy atom. The number of carbonyl (C=O) groups is 1. The summed E-state index contributed by atoms with van der Waals surface area (Å²) >= 11 is 0. The lowest BCUT2D eigenvalue weighted by atomic mass is 10.0. The molecule has 0 fully saturated rings. The lowest BCUT2D eigenvalue weighted by Crippen LogP contribution is -1.96. The van der Waals surface area contributed by atoms with Gasteiger partial charge in [0.05, 0.1) is 0 Å². The maximum absolute atomic E-state index is 11.7. The van der Waals surface area contributed by atoms with Crippen LogP contribution in [0.2, 0.25) is 0 Å². The molecular formula is C16H20O. The van der Waals surface area contributed by atoms with Crippen LogP contribution in [0.4, 0.5) is 0 Å². The number of hydrogen-bond acceptors (Lipinski definition) is 1. The third-order valence-electron chi connectivity index (χ3n) is 2.66. The van der Waals surface area contributed by atoms with Gasteiger partial charge in [0.1, 0.15) is 0 Å². The Balaban J connectivity index is 2.43. The van der Waals surface area contributed by atoms with E-state index in [4.69, 9.17) is 0 Å². The zero-order chi connectivity index (χ0) is 12.5. The summed E-state index contributed by atoms with van der Waals surface area (Å²) in [6.45, 7) is 5.99. The van der Waals surface area contributed by atoms with E-state index < -0.39 is 0 Å². The minimum absolute atomic E-state index is 0.0463. The number of benzene rings is 1. The second kappa shape index (κ2) is 7.61. The van der Waals surface area contributed by atoms with E-state index >= 15 is 0 Å². The van der Waals surface area contributed by atoms with E-state index in [1.807, 2.05) is 36.4 Å². The molecule has 1 heteroatoms. The largest absolute Gasteiger partial charge is 0.290 e. The van der Waals surface area contributed by atoms with E-state index in [1.165, 1.54) is 6.42 Å². The molecule has 0 saturated heterocycles. The highest BCUT2D eigenvalue weighted by Gasteiger charge is 2.02. The van der Waals surface area contributed by atoms with Crippen LogP contribution in [0.5, 0.6) is 0 Å². The van der Waals surface area contributed by atoms with Gasteiger partial charge < -0.3 is 0 Å². The summed E-state index contributed by atoms with van der Waals surface area (Å²) in [6, 6.07) is 9.83. The van der Waals surface area contributed by atoms with Gasteiger partial charge in [0.2, 0.25) is 0 Å². The highest BCUT2D eigenvalue weighted by Crippen LogP contribution is 2.09. The van der Waals surface area contributed by atoms with Crippen molar-refractivity contribution in [2.24, 2.45) is 0 Å². The molecule has 0 aromatic heterocycles. The highest BCUT2D eigenvalue weighted by atomic mass is 16.1. The summed E-state index contributed by atoms with van der Waals surface area (Å²) < 4.78 is 0. The third kappa shape index (κ3) is 5.30. The fourth-order valence-electron chi connectivity index (χ4n) is 1.57. The third-order valence-corrected chi connectivity index (χ3v) is 2.66. The van der Waals surface area contributed by atoms with Gasteiger partial charge in [-0.2, -0.15) is 0 Å². The second-order valence-electron chi connectivity index (χ2n) is 4.17. The van der Waals surface area contributed by atoms with Crippen molar-refractivity contribution in [1.29, 1.82) is 0 Å². The monoisotopic (exact) mass is 228 g/mol. The SMILES string of the molecule is C=C(CCCCC)C(=O)C=Cc1ccccc1. The molecule has 1 nitrogen and oxygen atoms in total. The fraction of sp³-hybridized carbons (Fsp3) is 0.312. The van der Waals surface area contributed by atoms with Crippen LogP contribution in [0.1, 0.15) is 38.2 Å².